The number of rotatable bonds is 14. The van der Waals surface area contributed by atoms with E-state index in [2.05, 4.69) is 20.8 Å². The summed E-state index contributed by atoms with van der Waals surface area (Å²) in [7, 11) is -2.77. The Hall–Kier alpha value is -2.61. The zero-order chi connectivity index (χ0) is 25.1. The minimum atomic E-state index is -4.19. The number of carbonyl (C=O) groups excluding carboxylic acids is 1. The molecule has 1 amide bonds. The van der Waals surface area contributed by atoms with Gasteiger partial charge in [0.2, 0.25) is 5.91 Å². The van der Waals surface area contributed by atoms with Crippen molar-refractivity contribution in [2.24, 2.45) is 5.92 Å². The Morgan fingerprint density at radius 2 is 1.68 bits per heavy atom. The first-order valence-corrected chi connectivity index (χ1v) is 13.2. The fourth-order valence-electron chi connectivity index (χ4n) is 3.61. The van der Waals surface area contributed by atoms with Gasteiger partial charge in [0.05, 0.1) is 7.11 Å². The zero-order valence-corrected chi connectivity index (χ0v) is 21.4. The molecule has 0 aliphatic rings. The highest BCUT2D eigenvalue weighted by atomic mass is 32.2. The first-order valence-electron chi connectivity index (χ1n) is 11.8. The fraction of sp³-hybridized carbons (Fsp3) is 0.500. The Morgan fingerprint density at radius 3 is 2.29 bits per heavy atom. The highest BCUT2D eigenvalue weighted by molar-refractivity contribution is 7.87. The van der Waals surface area contributed by atoms with E-state index in [4.69, 9.17) is 8.92 Å². The van der Waals surface area contributed by atoms with Crippen molar-refractivity contribution in [2.45, 2.75) is 70.7 Å². The Labute approximate surface area is 203 Å². The summed E-state index contributed by atoms with van der Waals surface area (Å²) in [6, 6.07) is 9.38. The van der Waals surface area contributed by atoms with E-state index in [-0.39, 0.29) is 28.2 Å². The lowest BCUT2D eigenvalue weighted by molar-refractivity contribution is -0.132. The van der Waals surface area contributed by atoms with Crippen LogP contribution in [0.2, 0.25) is 0 Å². The number of amides is 1. The zero-order valence-electron chi connectivity index (χ0n) is 20.6. The molecule has 0 saturated heterocycles. The molecule has 0 spiro atoms. The lowest BCUT2D eigenvalue weighted by Crippen LogP contribution is -2.33. The van der Waals surface area contributed by atoms with Gasteiger partial charge in [-0.05, 0) is 54.3 Å². The van der Waals surface area contributed by atoms with Crippen molar-refractivity contribution < 1.29 is 26.5 Å². The molecule has 0 aromatic heterocycles. The molecular formula is C26H36FNO5S. The van der Waals surface area contributed by atoms with Crippen molar-refractivity contribution in [2.75, 3.05) is 13.7 Å². The van der Waals surface area contributed by atoms with Crippen molar-refractivity contribution in [3.05, 3.63) is 53.8 Å². The van der Waals surface area contributed by atoms with E-state index < -0.39 is 15.9 Å². The van der Waals surface area contributed by atoms with Gasteiger partial charge in [-0.3, -0.25) is 4.79 Å². The molecule has 0 saturated carbocycles. The first kappa shape index (κ1) is 27.6. The van der Waals surface area contributed by atoms with Crippen LogP contribution in [0.4, 0.5) is 4.39 Å². The average molecular weight is 494 g/mol. The van der Waals surface area contributed by atoms with Crippen molar-refractivity contribution in [1.82, 2.24) is 4.90 Å². The van der Waals surface area contributed by atoms with Gasteiger partial charge in [0.1, 0.15) is 10.7 Å². The van der Waals surface area contributed by atoms with E-state index in [1.54, 1.807) is 18.2 Å². The van der Waals surface area contributed by atoms with Crippen LogP contribution in [0, 0.1) is 11.7 Å². The molecule has 0 radical (unpaired) electrons. The van der Waals surface area contributed by atoms with E-state index in [1.165, 1.54) is 13.5 Å². The highest BCUT2D eigenvalue weighted by Gasteiger charge is 2.21. The third-order valence-electron chi connectivity index (χ3n) is 5.34. The smallest absolute Gasteiger partial charge is 0.339 e. The number of hydrogen-bond donors (Lipinski definition) is 0. The molecule has 6 nitrogen and oxygen atoms in total. The van der Waals surface area contributed by atoms with Crippen molar-refractivity contribution in [3.8, 4) is 11.5 Å². The van der Waals surface area contributed by atoms with Crippen LogP contribution in [0.25, 0.3) is 0 Å². The minimum Gasteiger partial charge on any atom is -0.493 e. The molecule has 8 heteroatoms. The van der Waals surface area contributed by atoms with E-state index in [0.717, 1.165) is 55.5 Å². The Morgan fingerprint density at radius 1 is 1.00 bits per heavy atom. The third-order valence-corrected chi connectivity index (χ3v) is 6.58. The summed E-state index contributed by atoms with van der Waals surface area (Å²) in [6.45, 7) is 7.21. The quantitative estimate of drug-likeness (QED) is 0.240. The summed E-state index contributed by atoms with van der Waals surface area (Å²) < 4.78 is 49.2. The first-order chi connectivity index (χ1) is 16.2. The monoisotopic (exact) mass is 493 g/mol. The third kappa shape index (κ3) is 8.63. The summed E-state index contributed by atoms with van der Waals surface area (Å²) in [5, 5.41) is 0. The predicted octanol–water partition coefficient (Wildman–Crippen LogP) is 5.95. The number of halogens is 1. The van der Waals surface area contributed by atoms with E-state index in [9.17, 15) is 17.6 Å². The van der Waals surface area contributed by atoms with Gasteiger partial charge in [-0.25, -0.2) is 4.39 Å². The van der Waals surface area contributed by atoms with Crippen molar-refractivity contribution >= 4 is 16.0 Å². The molecule has 0 N–H and O–H groups in total. The lowest BCUT2D eigenvalue weighted by Gasteiger charge is -2.25. The van der Waals surface area contributed by atoms with Gasteiger partial charge in [0.25, 0.3) is 0 Å². The van der Waals surface area contributed by atoms with E-state index >= 15 is 0 Å². The maximum Gasteiger partial charge on any atom is 0.339 e. The molecule has 0 atom stereocenters. The van der Waals surface area contributed by atoms with Gasteiger partial charge in [-0.1, -0.05) is 52.5 Å². The molecular weight excluding hydrogens is 457 g/mol. The number of nitrogens with zero attached hydrogens (tertiary/aromatic N) is 1. The Kier molecular flexibility index (Phi) is 10.8. The maximum atomic E-state index is 13.2. The second kappa shape index (κ2) is 13.3. The molecule has 0 aliphatic carbocycles. The summed E-state index contributed by atoms with van der Waals surface area (Å²) in [6.07, 6.45) is 5.87. The molecule has 2 aromatic carbocycles. The van der Waals surface area contributed by atoms with Crippen LogP contribution in [0.3, 0.4) is 0 Å². The molecule has 2 aromatic rings. The average Bonchev–Trinajstić information content (AvgIpc) is 2.78. The van der Waals surface area contributed by atoms with Gasteiger partial charge < -0.3 is 13.8 Å². The van der Waals surface area contributed by atoms with Gasteiger partial charge in [0, 0.05) is 19.5 Å². The van der Waals surface area contributed by atoms with E-state index in [1.807, 2.05) is 4.90 Å². The van der Waals surface area contributed by atoms with Gasteiger partial charge in [-0.15, -0.1) is 0 Å². The largest absolute Gasteiger partial charge is 0.493 e. The van der Waals surface area contributed by atoms with Crippen molar-refractivity contribution in [3.63, 3.8) is 0 Å². The Bertz CT molecular complexity index is 1020. The summed E-state index contributed by atoms with van der Waals surface area (Å²) >= 11 is 0. The number of ether oxygens (including phenoxy) is 1. The molecule has 0 fully saturated rings. The number of methoxy groups -OCH3 is 1. The second-order valence-electron chi connectivity index (χ2n) is 8.81. The molecule has 0 bridgehead atoms. The normalized spacial score (nSPS) is 11.5. The van der Waals surface area contributed by atoms with Crippen LogP contribution in [0.15, 0.2) is 47.4 Å². The van der Waals surface area contributed by atoms with Gasteiger partial charge in [0.15, 0.2) is 11.5 Å². The van der Waals surface area contributed by atoms with Crippen LogP contribution in [-0.2, 0) is 21.5 Å². The SMILES string of the molecule is CCCCCCCC(=O)N(Cc1ccc(OC)c(OS(=O)(=O)c2ccc(F)cc2)c1)CC(C)C. The predicted molar refractivity (Wildman–Crippen MR) is 131 cm³/mol. The number of benzene rings is 2. The van der Waals surface area contributed by atoms with Gasteiger partial charge in [-0.2, -0.15) is 8.42 Å². The molecule has 188 valence electrons. The summed E-state index contributed by atoms with van der Waals surface area (Å²) in [5.74, 6) is 0.0889. The molecule has 0 aliphatic heterocycles. The second-order valence-corrected chi connectivity index (χ2v) is 10.4. The van der Waals surface area contributed by atoms with Crippen LogP contribution in [0.5, 0.6) is 11.5 Å². The summed E-state index contributed by atoms with van der Waals surface area (Å²) in [5.41, 5.74) is 0.727. The number of carbonyl (C=O) groups is 1. The topological polar surface area (TPSA) is 72.9 Å². The number of hydrogen-bond acceptors (Lipinski definition) is 5. The molecule has 0 unspecified atom stereocenters. The molecule has 34 heavy (non-hydrogen) atoms. The molecule has 2 rings (SSSR count). The Balaban J connectivity index is 2.19. The van der Waals surface area contributed by atoms with Crippen molar-refractivity contribution in [1.29, 1.82) is 0 Å². The van der Waals surface area contributed by atoms with E-state index in [0.29, 0.717) is 19.5 Å². The van der Waals surface area contributed by atoms with Gasteiger partial charge >= 0.3 is 10.1 Å². The highest BCUT2D eigenvalue weighted by Crippen LogP contribution is 2.31. The maximum absolute atomic E-state index is 13.2. The number of unbranched alkanes of at least 4 members (excludes halogenated alkanes) is 4. The van der Waals surface area contributed by atoms with Crippen LogP contribution in [-0.4, -0.2) is 32.9 Å². The van der Waals surface area contributed by atoms with Crippen LogP contribution in [0.1, 0.15) is 64.9 Å². The van der Waals surface area contributed by atoms with Crippen LogP contribution >= 0.6 is 0 Å². The fourth-order valence-corrected chi connectivity index (χ4v) is 4.54. The standard InChI is InChI=1S/C26H36FNO5S/c1-5-6-7-8-9-10-26(29)28(18-20(2)3)19-21-11-16-24(32-4)25(17-21)33-34(30,31)23-14-12-22(27)13-15-23/h11-17,20H,5-10,18-19H2,1-4H3. The minimum absolute atomic E-state index is 0.0147. The summed E-state index contributed by atoms with van der Waals surface area (Å²) in [4.78, 5) is 14.6. The lowest BCUT2D eigenvalue weighted by atomic mass is 10.1. The van der Waals surface area contributed by atoms with Crippen LogP contribution < -0.4 is 8.92 Å². The molecule has 0 heterocycles.